The van der Waals surface area contributed by atoms with E-state index in [0.29, 0.717) is 0 Å². The molecule has 0 amide bonds. The Morgan fingerprint density at radius 2 is 1.71 bits per heavy atom. The maximum absolute atomic E-state index is 10.3. The van der Waals surface area contributed by atoms with Gasteiger partial charge in [0.2, 0.25) is 0 Å². The second-order valence-corrected chi connectivity index (χ2v) is 4.24. The Balaban J connectivity index is 0. The molecule has 0 aromatic rings. The Morgan fingerprint density at radius 3 is 1.93 bits per heavy atom. The van der Waals surface area contributed by atoms with Crippen molar-refractivity contribution in [1.29, 1.82) is 0 Å². The summed E-state index contributed by atoms with van der Waals surface area (Å²) in [5, 5.41) is 10.3. The van der Waals surface area contributed by atoms with E-state index in [-0.39, 0.29) is 52.8 Å². The minimum Gasteiger partial charge on any atom is -0.384 e. The van der Waals surface area contributed by atoms with E-state index in [9.17, 15) is 5.11 Å². The summed E-state index contributed by atoms with van der Waals surface area (Å²) in [6.45, 7) is 12.0. The van der Waals surface area contributed by atoms with Gasteiger partial charge in [0.1, 0.15) is 5.60 Å². The van der Waals surface area contributed by atoms with Gasteiger partial charge in [0, 0.05) is 52.6 Å². The fourth-order valence-corrected chi connectivity index (χ4v) is 1.58. The number of hydrogen-bond acceptors (Lipinski definition) is 2. The maximum atomic E-state index is 10.3. The normalized spacial score (nSPS) is 16.8. The van der Waals surface area contributed by atoms with Crippen molar-refractivity contribution in [2.75, 3.05) is 0 Å². The molecule has 0 radical (unpaired) electrons. The molecule has 0 aliphatic rings. The summed E-state index contributed by atoms with van der Waals surface area (Å²) in [6, 6.07) is 0.261. The molecule has 1 N–H and O–H groups in total. The van der Waals surface area contributed by atoms with Gasteiger partial charge in [-0.05, 0) is 33.1 Å². The van der Waals surface area contributed by atoms with Crippen molar-refractivity contribution in [3.8, 4) is 0 Å². The minimum atomic E-state index is -0.718. The van der Waals surface area contributed by atoms with Crippen molar-refractivity contribution in [2.24, 2.45) is 10.9 Å². The van der Waals surface area contributed by atoms with Crippen molar-refractivity contribution in [2.45, 2.75) is 59.6 Å². The topological polar surface area (TPSA) is 32.6 Å². The first-order valence-electron chi connectivity index (χ1n) is 5.11. The van der Waals surface area contributed by atoms with E-state index in [1.807, 2.05) is 41.5 Å². The van der Waals surface area contributed by atoms with Gasteiger partial charge in [0.15, 0.2) is 0 Å². The van der Waals surface area contributed by atoms with Crippen LogP contribution in [-0.4, -0.2) is 22.5 Å². The van der Waals surface area contributed by atoms with Crippen LogP contribution < -0.4 is 0 Å². The molecule has 82 valence electrons. The van der Waals surface area contributed by atoms with Gasteiger partial charge >= 0.3 is 0 Å². The van der Waals surface area contributed by atoms with E-state index in [2.05, 4.69) is 4.99 Å². The third-order valence-corrected chi connectivity index (χ3v) is 2.57. The molecule has 3 heteroatoms. The van der Waals surface area contributed by atoms with Crippen LogP contribution in [-0.2, 0) is 0 Å². The summed E-state index contributed by atoms with van der Waals surface area (Å²) >= 11 is 0. The van der Waals surface area contributed by atoms with Crippen LogP contribution in [0, 0.1) is 46.8 Å². The summed E-state index contributed by atoms with van der Waals surface area (Å²) in [6.07, 6.45) is 0.729. The summed E-state index contributed by atoms with van der Waals surface area (Å²) in [7, 11) is 0. The zero-order valence-electron chi connectivity index (χ0n) is 10.3. The molecule has 0 saturated heterocycles. The average Bonchev–Trinajstić information content (AvgIpc) is 2.01. The molecule has 2 nitrogen and oxygen atoms in total. The second-order valence-electron chi connectivity index (χ2n) is 4.24. The van der Waals surface area contributed by atoms with E-state index in [4.69, 9.17) is 0 Å². The smallest absolute Gasteiger partial charge is 0.104 e. The van der Waals surface area contributed by atoms with E-state index in [1.165, 1.54) is 0 Å². The molecule has 1 unspecified atom stereocenters. The summed E-state index contributed by atoms with van der Waals surface area (Å²) in [4.78, 5) is 4.41. The Labute approximate surface area is 121 Å². The summed E-state index contributed by atoms with van der Waals surface area (Å²) in [5.74, 6) is 0.222. The third kappa shape index (κ3) is 4.67. The number of aliphatic imine (C=N–C) groups is 1. The molecule has 0 fully saturated rings. The number of rotatable bonds is 4. The van der Waals surface area contributed by atoms with E-state index < -0.39 is 5.60 Å². The van der Waals surface area contributed by atoms with Crippen LogP contribution in [0.3, 0.4) is 0 Å². The fourth-order valence-electron chi connectivity index (χ4n) is 1.58. The SMILES string of the molecule is CCC(O)(C(C)=NC(C)C)C(C)C.[Nd]. The van der Waals surface area contributed by atoms with E-state index in [1.54, 1.807) is 0 Å². The Kier molecular flexibility index (Phi) is 9.04. The molecule has 1 atom stereocenters. The van der Waals surface area contributed by atoms with Crippen molar-refractivity contribution in [3.63, 3.8) is 0 Å². The van der Waals surface area contributed by atoms with Crippen molar-refractivity contribution in [3.05, 3.63) is 0 Å². The van der Waals surface area contributed by atoms with Crippen LogP contribution in [0.5, 0.6) is 0 Å². The Hall–Kier alpha value is 0.981. The van der Waals surface area contributed by atoms with E-state index >= 15 is 0 Å². The molecular formula is C11H23NNdO. The van der Waals surface area contributed by atoms with Gasteiger partial charge in [-0.25, -0.2) is 0 Å². The molecular weight excluding hydrogens is 306 g/mol. The maximum Gasteiger partial charge on any atom is 0.104 e. The van der Waals surface area contributed by atoms with Gasteiger partial charge < -0.3 is 5.11 Å². The molecule has 0 aromatic heterocycles. The van der Waals surface area contributed by atoms with Crippen LogP contribution in [0.4, 0.5) is 0 Å². The molecule has 0 aliphatic carbocycles. The van der Waals surface area contributed by atoms with Crippen molar-refractivity contribution >= 4 is 5.71 Å². The molecule has 0 aromatic carbocycles. The summed E-state index contributed by atoms with van der Waals surface area (Å²) < 4.78 is 0. The van der Waals surface area contributed by atoms with Crippen LogP contribution >= 0.6 is 0 Å². The first-order chi connectivity index (χ1) is 5.84. The van der Waals surface area contributed by atoms with Gasteiger partial charge in [0.25, 0.3) is 0 Å². The molecule has 0 saturated carbocycles. The third-order valence-electron chi connectivity index (χ3n) is 2.57. The first-order valence-corrected chi connectivity index (χ1v) is 5.11. The summed E-state index contributed by atoms with van der Waals surface area (Å²) in [5.41, 5.74) is 0.143. The zero-order valence-corrected chi connectivity index (χ0v) is 13.5. The zero-order chi connectivity index (χ0) is 10.6. The predicted octanol–water partition coefficient (Wildman–Crippen LogP) is 2.65. The molecule has 14 heavy (non-hydrogen) atoms. The number of hydrogen-bond donors (Lipinski definition) is 1. The molecule has 0 spiro atoms. The van der Waals surface area contributed by atoms with Crippen LogP contribution in [0.2, 0.25) is 0 Å². The van der Waals surface area contributed by atoms with Gasteiger partial charge in [-0.1, -0.05) is 20.8 Å². The minimum absolute atomic E-state index is 0. The predicted molar refractivity (Wildman–Crippen MR) is 58.3 cm³/mol. The molecule has 0 rings (SSSR count). The number of nitrogens with zero attached hydrogens (tertiary/aromatic N) is 1. The largest absolute Gasteiger partial charge is 0.384 e. The quantitative estimate of drug-likeness (QED) is 0.790. The van der Waals surface area contributed by atoms with Gasteiger partial charge in [-0.2, -0.15) is 0 Å². The molecule has 0 bridgehead atoms. The number of aliphatic hydroxyl groups is 1. The average molecular weight is 330 g/mol. The van der Waals surface area contributed by atoms with Crippen molar-refractivity contribution < 1.29 is 45.9 Å². The monoisotopic (exact) mass is 327 g/mol. The van der Waals surface area contributed by atoms with Crippen molar-refractivity contribution in [1.82, 2.24) is 0 Å². The van der Waals surface area contributed by atoms with E-state index in [0.717, 1.165) is 12.1 Å². The van der Waals surface area contributed by atoms with Crippen LogP contribution in [0.15, 0.2) is 4.99 Å². The van der Waals surface area contributed by atoms with Gasteiger partial charge in [0.05, 0.1) is 0 Å². The van der Waals surface area contributed by atoms with Crippen LogP contribution in [0.1, 0.15) is 48.0 Å². The Morgan fingerprint density at radius 1 is 1.29 bits per heavy atom. The fraction of sp³-hybridized carbons (Fsp3) is 0.909. The molecule has 0 heterocycles. The van der Waals surface area contributed by atoms with Crippen LogP contribution in [0.25, 0.3) is 0 Å². The first kappa shape index (κ1) is 17.4. The second kappa shape index (κ2) is 7.29. The standard InChI is InChI=1S/C11H23NO.Nd/c1-7-11(13,8(2)3)10(6)12-9(4)5;/h8-9,13H,7H2,1-6H3;. The molecule has 0 aliphatic heterocycles. The Bertz CT molecular complexity index is 190. The van der Waals surface area contributed by atoms with Gasteiger partial charge in [-0.15, -0.1) is 0 Å². The van der Waals surface area contributed by atoms with Gasteiger partial charge in [-0.3, -0.25) is 4.99 Å².